The average Bonchev–Trinajstić information content (AvgIpc) is 2.16. The van der Waals surface area contributed by atoms with Crippen LogP contribution >= 0.6 is 0 Å². The van der Waals surface area contributed by atoms with Gasteiger partial charge in [-0.15, -0.1) is 5.26 Å². The van der Waals surface area contributed by atoms with Gasteiger partial charge in [0.1, 0.15) is 0 Å². The molecule has 16 heavy (non-hydrogen) atoms. The molecule has 5 heteroatoms. The van der Waals surface area contributed by atoms with Crippen LogP contribution in [-0.4, -0.2) is 28.4 Å². The molecule has 0 aromatic heterocycles. The number of aliphatic hydroxyl groups is 2. The summed E-state index contributed by atoms with van der Waals surface area (Å²) in [5, 5.41) is 27.2. The van der Waals surface area contributed by atoms with E-state index in [0.29, 0.717) is 12.8 Å². The molecule has 2 N–H and O–H groups in total. The minimum Gasteiger partial charge on any atom is -0.396 e. The van der Waals surface area contributed by atoms with Gasteiger partial charge in [0, 0.05) is 12.0 Å². The Labute approximate surface area is 95.6 Å². The van der Waals surface area contributed by atoms with Crippen LogP contribution in [0.25, 0.3) is 0 Å². The summed E-state index contributed by atoms with van der Waals surface area (Å²) >= 11 is 0. The maximum atomic E-state index is 11.5. The highest BCUT2D eigenvalue weighted by atomic mass is 16.5. The molecule has 1 unspecified atom stereocenters. The number of hydrogen-bond donors (Lipinski definition) is 2. The largest absolute Gasteiger partial charge is 0.396 e. The molecule has 0 saturated heterocycles. The zero-order valence-corrected chi connectivity index (χ0v) is 9.99. The lowest BCUT2D eigenvalue weighted by Gasteiger charge is -2.36. The fourth-order valence-electron chi connectivity index (χ4n) is 1.40. The molecular weight excluding hydrogens is 210 g/mol. The maximum Gasteiger partial charge on any atom is 0.353 e. The summed E-state index contributed by atoms with van der Waals surface area (Å²) in [4.78, 5) is 11.5. The minimum absolute atomic E-state index is 0.00746. The molecule has 0 rings (SSSR count). The normalized spacial score (nSPS) is 15.0. The minimum atomic E-state index is -1.70. The molecule has 1 atom stereocenters. The molecule has 0 aliphatic carbocycles. The summed E-state index contributed by atoms with van der Waals surface area (Å²) in [5.74, 6) is -0.930. The van der Waals surface area contributed by atoms with E-state index in [-0.39, 0.29) is 13.0 Å². The second-order valence-electron chi connectivity index (χ2n) is 4.77. The first-order valence-electron chi connectivity index (χ1n) is 5.23. The monoisotopic (exact) mass is 229 g/mol. The average molecular weight is 229 g/mol. The molecule has 0 bridgehead atoms. The second kappa shape index (κ2) is 5.83. The summed E-state index contributed by atoms with van der Waals surface area (Å²) in [5.41, 5.74) is -2.42. The first-order chi connectivity index (χ1) is 7.29. The van der Waals surface area contributed by atoms with E-state index in [2.05, 4.69) is 4.74 Å². The van der Waals surface area contributed by atoms with Crippen LogP contribution in [0, 0.1) is 16.9 Å². The Balaban J connectivity index is 4.77. The van der Waals surface area contributed by atoms with Crippen LogP contribution in [-0.2, 0) is 9.53 Å². The fourth-order valence-corrected chi connectivity index (χ4v) is 1.40. The fraction of sp³-hybridized carbons (Fsp3) is 0.818. The number of rotatable bonds is 5. The van der Waals surface area contributed by atoms with Crippen LogP contribution in [0.2, 0.25) is 0 Å². The first kappa shape index (κ1) is 14.9. The number of aliphatic hydroxyl groups excluding tert-OH is 1. The van der Waals surface area contributed by atoms with Gasteiger partial charge in [-0.05, 0) is 19.3 Å². The highest BCUT2D eigenvalue weighted by molar-refractivity contribution is 5.81. The SMILES string of the molecule is CC(C)(C)C(O)(CCCCO)C(=O)OC#N. The van der Waals surface area contributed by atoms with Crippen molar-refractivity contribution in [2.75, 3.05) is 6.61 Å². The number of esters is 1. The number of unbranched alkanes of at least 4 members (excludes halogenated alkanes) is 1. The van der Waals surface area contributed by atoms with E-state index in [1.807, 2.05) is 0 Å². The predicted molar refractivity (Wildman–Crippen MR) is 57.0 cm³/mol. The summed E-state index contributed by atoms with van der Waals surface area (Å²) in [6.45, 7) is 5.10. The lowest BCUT2D eigenvalue weighted by atomic mass is 9.73. The number of nitrogens with zero attached hydrogens (tertiary/aromatic N) is 1. The Morgan fingerprint density at radius 3 is 2.31 bits per heavy atom. The number of nitriles is 1. The third-order valence-corrected chi connectivity index (χ3v) is 2.66. The quantitative estimate of drug-likeness (QED) is 0.416. The molecule has 0 amide bonds. The highest BCUT2D eigenvalue weighted by Gasteiger charge is 2.48. The molecule has 0 aromatic rings. The summed E-state index contributed by atoms with van der Waals surface area (Å²) in [6, 6.07) is 0. The summed E-state index contributed by atoms with van der Waals surface area (Å²) < 4.78 is 4.22. The van der Waals surface area contributed by atoms with Crippen molar-refractivity contribution in [1.29, 1.82) is 5.26 Å². The van der Waals surface area contributed by atoms with E-state index in [9.17, 15) is 9.90 Å². The third-order valence-electron chi connectivity index (χ3n) is 2.66. The number of ether oxygens (including phenoxy) is 1. The number of hydrogen-bond acceptors (Lipinski definition) is 5. The van der Waals surface area contributed by atoms with E-state index in [1.54, 1.807) is 20.8 Å². The highest BCUT2D eigenvalue weighted by Crippen LogP contribution is 2.35. The molecule has 0 radical (unpaired) electrons. The van der Waals surface area contributed by atoms with Crippen LogP contribution in [0.15, 0.2) is 0 Å². The topological polar surface area (TPSA) is 90.6 Å². The first-order valence-corrected chi connectivity index (χ1v) is 5.23. The molecule has 5 nitrogen and oxygen atoms in total. The van der Waals surface area contributed by atoms with Gasteiger partial charge in [0.15, 0.2) is 5.60 Å². The van der Waals surface area contributed by atoms with Crippen LogP contribution in [0.5, 0.6) is 0 Å². The Bertz CT molecular complexity index is 277. The van der Waals surface area contributed by atoms with Gasteiger partial charge in [-0.2, -0.15) is 0 Å². The zero-order chi connectivity index (χ0) is 12.8. The number of carbonyl (C=O) groups is 1. The molecule has 0 spiro atoms. The van der Waals surface area contributed by atoms with Crippen molar-refractivity contribution in [3.63, 3.8) is 0 Å². The molecule has 0 heterocycles. The molecule has 0 saturated carbocycles. The summed E-state index contributed by atoms with van der Waals surface area (Å²) in [7, 11) is 0. The summed E-state index contributed by atoms with van der Waals surface area (Å²) in [6.07, 6.45) is 2.43. The third kappa shape index (κ3) is 3.47. The van der Waals surface area contributed by atoms with Gasteiger partial charge in [-0.25, -0.2) is 4.79 Å². The van der Waals surface area contributed by atoms with Crippen LogP contribution < -0.4 is 0 Å². The lowest BCUT2D eigenvalue weighted by Crippen LogP contribution is -2.50. The smallest absolute Gasteiger partial charge is 0.353 e. The maximum absolute atomic E-state index is 11.5. The molecule has 0 aliphatic rings. The Hall–Kier alpha value is -1.12. The van der Waals surface area contributed by atoms with Crippen molar-refractivity contribution in [2.45, 2.75) is 45.6 Å². The van der Waals surface area contributed by atoms with Crippen molar-refractivity contribution >= 4 is 5.97 Å². The molecule has 0 aliphatic heterocycles. The Morgan fingerprint density at radius 1 is 1.38 bits per heavy atom. The zero-order valence-electron chi connectivity index (χ0n) is 9.99. The predicted octanol–water partition coefficient (Wildman–Crippen LogP) is 0.950. The van der Waals surface area contributed by atoms with E-state index < -0.39 is 17.0 Å². The Morgan fingerprint density at radius 2 is 1.94 bits per heavy atom. The molecule has 0 aromatic carbocycles. The van der Waals surface area contributed by atoms with E-state index in [1.165, 1.54) is 6.26 Å². The van der Waals surface area contributed by atoms with Crippen molar-refractivity contribution in [1.82, 2.24) is 0 Å². The molecule has 0 fully saturated rings. The van der Waals surface area contributed by atoms with Crippen LogP contribution in [0.3, 0.4) is 0 Å². The van der Waals surface area contributed by atoms with Crippen molar-refractivity contribution in [3.8, 4) is 6.26 Å². The Kier molecular flexibility index (Phi) is 5.42. The van der Waals surface area contributed by atoms with Gasteiger partial charge in [0.2, 0.25) is 0 Å². The second-order valence-corrected chi connectivity index (χ2v) is 4.77. The van der Waals surface area contributed by atoms with Gasteiger partial charge < -0.3 is 14.9 Å². The van der Waals surface area contributed by atoms with Gasteiger partial charge in [-0.3, -0.25) is 0 Å². The van der Waals surface area contributed by atoms with Crippen molar-refractivity contribution < 1.29 is 19.7 Å². The van der Waals surface area contributed by atoms with Crippen LogP contribution in [0.1, 0.15) is 40.0 Å². The molecular formula is C11H19NO4. The van der Waals surface area contributed by atoms with Gasteiger partial charge in [-0.1, -0.05) is 20.8 Å². The van der Waals surface area contributed by atoms with Gasteiger partial charge in [0.25, 0.3) is 6.26 Å². The number of carbonyl (C=O) groups excluding carboxylic acids is 1. The van der Waals surface area contributed by atoms with Gasteiger partial charge in [0.05, 0.1) is 0 Å². The van der Waals surface area contributed by atoms with Crippen LogP contribution in [0.4, 0.5) is 0 Å². The van der Waals surface area contributed by atoms with Crippen molar-refractivity contribution in [3.05, 3.63) is 0 Å². The van der Waals surface area contributed by atoms with E-state index in [4.69, 9.17) is 10.4 Å². The molecule has 92 valence electrons. The standard InChI is InChI=1S/C11H19NO4/c1-10(2,3)11(15,6-4-5-7-13)9(14)16-8-12/h13,15H,4-7H2,1-3H3. The van der Waals surface area contributed by atoms with E-state index in [0.717, 1.165) is 0 Å². The lowest BCUT2D eigenvalue weighted by molar-refractivity contribution is -0.172. The van der Waals surface area contributed by atoms with Gasteiger partial charge >= 0.3 is 5.97 Å². The van der Waals surface area contributed by atoms with E-state index >= 15 is 0 Å². The van der Waals surface area contributed by atoms with Crippen molar-refractivity contribution in [2.24, 2.45) is 5.41 Å².